The molecule has 0 aliphatic rings. The molecular weight excluding hydrogens is 401 g/mol. The van der Waals surface area contributed by atoms with Gasteiger partial charge in [0.1, 0.15) is 12.4 Å². The maximum Gasteiger partial charge on any atom is 0.265 e. The number of anilines is 1. The molecule has 0 saturated carbocycles. The van der Waals surface area contributed by atoms with E-state index in [1.54, 1.807) is 18.2 Å². The smallest absolute Gasteiger partial charge is 0.265 e. The summed E-state index contributed by atoms with van der Waals surface area (Å²) in [6.45, 7) is 6.57. The van der Waals surface area contributed by atoms with Gasteiger partial charge in [-0.2, -0.15) is 0 Å². The van der Waals surface area contributed by atoms with Crippen molar-refractivity contribution in [2.24, 2.45) is 0 Å². The minimum Gasteiger partial charge on any atom is -0.488 e. The number of benzene rings is 2. The molecule has 0 aliphatic heterocycles. The highest BCUT2D eigenvalue weighted by molar-refractivity contribution is 7.12. The summed E-state index contributed by atoms with van der Waals surface area (Å²) in [6, 6.07) is 11.0. The molecule has 0 spiro atoms. The third kappa shape index (κ3) is 4.83. The van der Waals surface area contributed by atoms with E-state index in [2.05, 4.69) is 24.4 Å². The zero-order valence-electron chi connectivity index (χ0n) is 15.2. The van der Waals surface area contributed by atoms with Gasteiger partial charge in [-0.05, 0) is 61.5 Å². The number of rotatable bonds is 5. The molecule has 0 atom stereocenters. The van der Waals surface area contributed by atoms with Gasteiger partial charge in [0.25, 0.3) is 5.91 Å². The Hall–Kier alpha value is -2.01. The lowest BCUT2D eigenvalue weighted by atomic mass is 10.1. The summed E-state index contributed by atoms with van der Waals surface area (Å²) in [7, 11) is 0. The Labute approximate surface area is 172 Å². The Morgan fingerprint density at radius 3 is 2.41 bits per heavy atom. The molecule has 1 amide bonds. The van der Waals surface area contributed by atoms with Crippen LogP contribution in [0.3, 0.4) is 0 Å². The largest absolute Gasteiger partial charge is 0.488 e. The van der Waals surface area contributed by atoms with Gasteiger partial charge in [0.15, 0.2) is 0 Å². The van der Waals surface area contributed by atoms with E-state index in [1.807, 2.05) is 25.3 Å². The Balaban J connectivity index is 1.66. The molecular formula is C21H19Cl2NO2S. The molecule has 0 bridgehead atoms. The molecule has 0 fully saturated rings. The lowest BCUT2D eigenvalue weighted by molar-refractivity contribution is 0.103. The Morgan fingerprint density at radius 2 is 1.74 bits per heavy atom. The van der Waals surface area contributed by atoms with Crippen LogP contribution in [0.15, 0.2) is 41.8 Å². The molecule has 0 unspecified atom stereocenters. The molecule has 1 aromatic heterocycles. The normalized spacial score (nSPS) is 10.7. The van der Waals surface area contributed by atoms with Crippen LogP contribution in [0.25, 0.3) is 0 Å². The molecule has 3 aromatic rings. The zero-order valence-corrected chi connectivity index (χ0v) is 17.6. The van der Waals surface area contributed by atoms with E-state index < -0.39 is 0 Å². The molecule has 27 heavy (non-hydrogen) atoms. The molecule has 0 radical (unpaired) electrons. The fourth-order valence-electron chi connectivity index (χ4n) is 2.89. The second kappa shape index (κ2) is 8.34. The van der Waals surface area contributed by atoms with Gasteiger partial charge in [-0.15, -0.1) is 11.3 Å². The van der Waals surface area contributed by atoms with Crippen molar-refractivity contribution in [3.05, 3.63) is 79.0 Å². The number of ether oxygens (including phenoxy) is 1. The number of hydrogen-bond donors (Lipinski definition) is 1. The minimum absolute atomic E-state index is 0.188. The van der Waals surface area contributed by atoms with Gasteiger partial charge >= 0.3 is 0 Å². The SMILES string of the molecule is Cc1cc(C)c(OCc2csc(C(=O)Nc3ccc(Cl)c(Cl)c3)c2)c(C)c1. The zero-order chi connectivity index (χ0) is 19.6. The average molecular weight is 420 g/mol. The summed E-state index contributed by atoms with van der Waals surface area (Å²) in [6.07, 6.45) is 0. The van der Waals surface area contributed by atoms with E-state index in [1.165, 1.54) is 16.9 Å². The Kier molecular flexibility index (Phi) is 6.10. The van der Waals surface area contributed by atoms with Crippen molar-refractivity contribution < 1.29 is 9.53 Å². The van der Waals surface area contributed by atoms with Crippen LogP contribution >= 0.6 is 34.5 Å². The van der Waals surface area contributed by atoms with Gasteiger partial charge in [0.2, 0.25) is 0 Å². The quantitative estimate of drug-likeness (QED) is 0.492. The molecule has 1 heterocycles. The van der Waals surface area contributed by atoms with Crippen molar-refractivity contribution in [2.45, 2.75) is 27.4 Å². The highest BCUT2D eigenvalue weighted by atomic mass is 35.5. The lowest BCUT2D eigenvalue weighted by Gasteiger charge is -2.12. The third-order valence-corrected chi connectivity index (χ3v) is 5.76. The van der Waals surface area contributed by atoms with Crippen molar-refractivity contribution >= 4 is 46.1 Å². The first kappa shape index (κ1) is 19.7. The van der Waals surface area contributed by atoms with Crippen LogP contribution in [0, 0.1) is 20.8 Å². The summed E-state index contributed by atoms with van der Waals surface area (Å²) < 4.78 is 5.99. The second-order valence-corrected chi connectivity index (χ2v) is 8.14. The van der Waals surface area contributed by atoms with Crippen molar-refractivity contribution in [3.63, 3.8) is 0 Å². The fraction of sp³-hybridized carbons (Fsp3) is 0.190. The summed E-state index contributed by atoms with van der Waals surface area (Å²) in [5.41, 5.74) is 5.00. The first-order chi connectivity index (χ1) is 12.8. The van der Waals surface area contributed by atoms with E-state index in [0.717, 1.165) is 22.4 Å². The molecule has 2 aromatic carbocycles. The van der Waals surface area contributed by atoms with Crippen LogP contribution in [-0.4, -0.2) is 5.91 Å². The third-order valence-electron chi connectivity index (χ3n) is 4.04. The number of aryl methyl sites for hydroxylation is 3. The first-order valence-corrected chi connectivity index (χ1v) is 10.0. The number of amides is 1. The van der Waals surface area contributed by atoms with Crippen molar-refractivity contribution in [3.8, 4) is 5.75 Å². The molecule has 3 nitrogen and oxygen atoms in total. The number of carbonyl (C=O) groups is 1. The van der Waals surface area contributed by atoms with Gasteiger partial charge in [0, 0.05) is 11.3 Å². The molecule has 0 aliphatic carbocycles. The predicted octanol–water partition coefficient (Wildman–Crippen LogP) is 6.81. The Morgan fingerprint density at radius 1 is 1.04 bits per heavy atom. The average Bonchev–Trinajstić information content (AvgIpc) is 3.06. The van der Waals surface area contributed by atoms with E-state index in [0.29, 0.717) is 27.2 Å². The van der Waals surface area contributed by atoms with Crippen LogP contribution in [-0.2, 0) is 6.61 Å². The monoisotopic (exact) mass is 419 g/mol. The van der Waals surface area contributed by atoms with Gasteiger partial charge in [0.05, 0.1) is 14.9 Å². The highest BCUT2D eigenvalue weighted by Crippen LogP contribution is 2.27. The van der Waals surface area contributed by atoms with Crippen LogP contribution in [0.2, 0.25) is 10.0 Å². The predicted molar refractivity (Wildman–Crippen MR) is 114 cm³/mol. The standard InChI is InChI=1S/C21H19Cl2NO2S/c1-12-6-13(2)20(14(3)7-12)26-10-15-8-19(27-11-15)21(25)24-16-4-5-17(22)18(23)9-16/h4-9,11H,10H2,1-3H3,(H,24,25). The summed E-state index contributed by atoms with van der Waals surface area (Å²) in [4.78, 5) is 13.0. The lowest BCUT2D eigenvalue weighted by Crippen LogP contribution is -2.10. The van der Waals surface area contributed by atoms with E-state index in [4.69, 9.17) is 27.9 Å². The summed E-state index contributed by atoms with van der Waals surface area (Å²) >= 11 is 13.3. The van der Waals surface area contributed by atoms with Gasteiger partial charge in [-0.25, -0.2) is 0 Å². The van der Waals surface area contributed by atoms with E-state index in [9.17, 15) is 4.79 Å². The Bertz CT molecular complexity index is 975. The van der Waals surface area contributed by atoms with Gasteiger partial charge < -0.3 is 10.1 Å². The number of hydrogen-bond acceptors (Lipinski definition) is 3. The van der Waals surface area contributed by atoms with E-state index in [-0.39, 0.29) is 5.91 Å². The maximum absolute atomic E-state index is 12.4. The van der Waals surface area contributed by atoms with Crippen LogP contribution < -0.4 is 10.1 Å². The first-order valence-electron chi connectivity index (χ1n) is 8.38. The summed E-state index contributed by atoms with van der Waals surface area (Å²) in [5.74, 6) is 0.709. The van der Waals surface area contributed by atoms with Crippen LogP contribution in [0.4, 0.5) is 5.69 Å². The highest BCUT2D eigenvalue weighted by Gasteiger charge is 2.12. The molecule has 0 saturated heterocycles. The second-order valence-electron chi connectivity index (χ2n) is 6.42. The van der Waals surface area contributed by atoms with Gasteiger partial charge in [-0.1, -0.05) is 40.9 Å². The number of thiophene rings is 1. The number of nitrogens with one attached hydrogen (secondary N) is 1. The van der Waals surface area contributed by atoms with E-state index >= 15 is 0 Å². The maximum atomic E-state index is 12.4. The molecule has 140 valence electrons. The molecule has 3 rings (SSSR count). The topological polar surface area (TPSA) is 38.3 Å². The van der Waals surface area contributed by atoms with Crippen LogP contribution in [0.5, 0.6) is 5.75 Å². The number of halogens is 2. The fourth-order valence-corrected chi connectivity index (χ4v) is 3.98. The summed E-state index contributed by atoms with van der Waals surface area (Å²) in [5, 5.41) is 5.61. The van der Waals surface area contributed by atoms with Crippen molar-refractivity contribution in [1.29, 1.82) is 0 Å². The minimum atomic E-state index is -0.188. The van der Waals surface area contributed by atoms with Crippen molar-refractivity contribution in [2.75, 3.05) is 5.32 Å². The number of carbonyl (C=O) groups excluding carboxylic acids is 1. The molecule has 1 N–H and O–H groups in total. The van der Waals surface area contributed by atoms with Crippen LogP contribution in [0.1, 0.15) is 31.9 Å². The van der Waals surface area contributed by atoms with Gasteiger partial charge in [-0.3, -0.25) is 4.79 Å². The van der Waals surface area contributed by atoms with Crippen molar-refractivity contribution in [1.82, 2.24) is 0 Å². The molecule has 6 heteroatoms.